The fourth-order valence-electron chi connectivity index (χ4n) is 6.40. The topological polar surface area (TPSA) is 143 Å². The molecule has 0 spiro atoms. The highest BCUT2D eigenvalue weighted by atomic mass is 16.2. The summed E-state index contributed by atoms with van der Waals surface area (Å²) in [7, 11) is 0. The Morgan fingerprint density at radius 2 is 0.977 bits per heavy atom. The van der Waals surface area contributed by atoms with Crippen LogP contribution in [0.25, 0.3) is 45.1 Å². The number of para-hydroxylation sites is 4. The van der Waals surface area contributed by atoms with Crippen LogP contribution in [0.5, 0.6) is 0 Å². The Labute approximate surface area is 252 Å². The first-order valence-corrected chi connectivity index (χ1v) is 15.3. The van der Waals surface area contributed by atoms with Crippen LogP contribution in [0.1, 0.15) is 52.4 Å². The third-order valence-electron chi connectivity index (χ3n) is 8.33. The SMILES string of the molecule is CC[n+]1c2c(=O)[nH]c(=O)nc-2n(CCCCCCCCn2c3nc(=O)[nH]c(=O)c-3[n+](CC)c3ccccc32)c2ccccc21. The minimum atomic E-state index is -0.637. The second-order valence-electron chi connectivity index (χ2n) is 11.0. The number of rotatable bonds is 11. The van der Waals surface area contributed by atoms with E-state index in [0.717, 1.165) is 60.6 Å². The van der Waals surface area contributed by atoms with E-state index < -0.39 is 22.5 Å². The summed E-state index contributed by atoms with van der Waals surface area (Å²) in [5, 5.41) is 0. The molecule has 0 aromatic heterocycles. The summed E-state index contributed by atoms with van der Waals surface area (Å²) in [6.07, 6.45) is 5.77. The standard InChI is InChI=1S/C32H34N8O4/c1-3-37-21-15-9-11-17-23(21)39(27-25(37)29(41)35-31(43)33-27)19-13-7-5-6-8-14-20-40-24-18-12-10-16-22(24)38(4-2)26-28(40)34-32(44)36-30(26)42/h9-12,15-18H,3-8,13-14,19-20H2,1-2H3/p+2. The zero-order valence-corrected chi connectivity index (χ0v) is 25.0. The number of unbranched alkanes of at least 4 members (excludes halogenated alkanes) is 5. The highest BCUT2D eigenvalue weighted by Gasteiger charge is 2.30. The van der Waals surface area contributed by atoms with E-state index >= 15 is 0 Å². The Morgan fingerprint density at radius 1 is 0.591 bits per heavy atom. The van der Waals surface area contributed by atoms with Gasteiger partial charge in [0.25, 0.3) is 0 Å². The normalized spacial score (nSPS) is 11.8. The lowest BCUT2D eigenvalue weighted by atomic mass is 10.1. The molecule has 4 aliphatic rings. The molecule has 0 fully saturated rings. The predicted octanol–water partition coefficient (Wildman–Crippen LogP) is 2.35. The molecule has 2 N–H and O–H groups in total. The van der Waals surface area contributed by atoms with Gasteiger partial charge in [0, 0.05) is 25.2 Å². The molecular weight excluding hydrogens is 560 g/mol. The first kappa shape index (κ1) is 29.1. The Hall–Kier alpha value is -5.00. The summed E-state index contributed by atoms with van der Waals surface area (Å²) < 4.78 is 7.82. The summed E-state index contributed by atoms with van der Waals surface area (Å²) in [5.41, 5.74) is 2.44. The number of aryl methyl sites for hydroxylation is 4. The maximum absolute atomic E-state index is 12.8. The summed E-state index contributed by atoms with van der Waals surface area (Å²) >= 11 is 0. The molecule has 0 atom stereocenters. The Morgan fingerprint density at radius 3 is 1.39 bits per heavy atom. The van der Waals surface area contributed by atoms with Gasteiger partial charge in [0.1, 0.15) is 24.1 Å². The van der Waals surface area contributed by atoms with Crippen LogP contribution in [0.3, 0.4) is 0 Å². The van der Waals surface area contributed by atoms with Gasteiger partial charge in [0.15, 0.2) is 0 Å². The monoisotopic (exact) mass is 596 g/mol. The first-order valence-electron chi connectivity index (χ1n) is 15.3. The number of aromatic nitrogens is 8. The molecule has 4 heterocycles. The lowest BCUT2D eigenvalue weighted by molar-refractivity contribution is -0.658. The van der Waals surface area contributed by atoms with Gasteiger partial charge in [0.2, 0.25) is 22.7 Å². The van der Waals surface area contributed by atoms with Crippen molar-refractivity contribution in [2.75, 3.05) is 0 Å². The minimum absolute atomic E-state index is 0.411. The predicted molar refractivity (Wildman–Crippen MR) is 166 cm³/mol. The number of hydrogen-bond acceptors (Lipinski definition) is 6. The third-order valence-corrected chi connectivity index (χ3v) is 8.33. The van der Waals surface area contributed by atoms with Gasteiger partial charge in [-0.05, 0) is 38.8 Å². The summed E-state index contributed by atoms with van der Waals surface area (Å²) in [6, 6.07) is 15.8. The molecule has 2 aromatic carbocycles. The number of fused-ring (bicyclic) bond motifs is 4. The van der Waals surface area contributed by atoms with Crippen molar-refractivity contribution in [3.63, 3.8) is 0 Å². The zero-order chi connectivity index (χ0) is 30.8. The van der Waals surface area contributed by atoms with Crippen molar-refractivity contribution in [3.05, 3.63) is 90.2 Å². The smallest absolute Gasteiger partial charge is 0.315 e. The van der Waals surface area contributed by atoms with E-state index in [1.165, 1.54) is 0 Å². The molecule has 12 nitrogen and oxygen atoms in total. The molecule has 44 heavy (non-hydrogen) atoms. The molecule has 6 rings (SSSR count). The van der Waals surface area contributed by atoms with Gasteiger partial charge in [-0.15, -0.1) is 0 Å². The van der Waals surface area contributed by atoms with Gasteiger partial charge in [-0.2, -0.15) is 19.1 Å². The highest BCUT2D eigenvalue weighted by molar-refractivity contribution is 5.75. The van der Waals surface area contributed by atoms with Crippen molar-refractivity contribution >= 4 is 22.1 Å². The number of nitrogens with one attached hydrogen (secondary N) is 2. The van der Waals surface area contributed by atoms with Crippen molar-refractivity contribution in [1.82, 2.24) is 29.1 Å². The van der Waals surface area contributed by atoms with E-state index in [1.807, 2.05) is 80.6 Å². The summed E-state index contributed by atoms with van der Waals surface area (Å²) in [5.74, 6) is 0.827. The van der Waals surface area contributed by atoms with Crippen LogP contribution in [-0.4, -0.2) is 29.1 Å². The number of nitrogens with zero attached hydrogens (tertiary/aromatic N) is 6. The van der Waals surface area contributed by atoms with Gasteiger partial charge in [-0.3, -0.25) is 19.6 Å². The summed E-state index contributed by atoms with van der Waals surface area (Å²) in [6.45, 7) is 6.39. The van der Waals surface area contributed by atoms with Crippen molar-refractivity contribution in [3.8, 4) is 23.0 Å². The highest BCUT2D eigenvalue weighted by Crippen LogP contribution is 2.22. The second-order valence-corrected chi connectivity index (χ2v) is 11.0. The molecule has 0 bridgehead atoms. The average molecular weight is 597 g/mol. The van der Waals surface area contributed by atoms with Crippen LogP contribution < -0.4 is 31.6 Å². The molecule has 4 aliphatic heterocycles. The Balaban J connectivity index is 1.13. The van der Waals surface area contributed by atoms with E-state index in [-0.39, 0.29) is 0 Å². The van der Waals surface area contributed by atoms with Crippen LogP contribution >= 0.6 is 0 Å². The minimum Gasteiger partial charge on any atom is -0.315 e. The maximum atomic E-state index is 12.8. The van der Waals surface area contributed by atoms with Crippen LogP contribution in [-0.2, 0) is 26.2 Å². The van der Waals surface area contributed by atoms with Crippen LogP contribution in [0, 0.1) is 0 Å². The van der Waals surface area contributed by atoms with Gasteiger partial charge in [-0.25, -0.2) is 9.59 Å². The second kappa shape index (κ2) is 12.3. The number of benzene rings is 2. The van der Waals surface area contributed by atoms with Crippen LogP contribution in [0.2, 0.25) is 0 Å². The number of hydrogen-bond donors (Lipinski definition) is 2. The lowest BCUT2D eigenvalue weighted by Crippen LogP contribution is -2.45. The molecule has 0 saturated heterocycles. The molecule has 0 radical (unpaired) electrons. The molecule has 226 valence electrons. The van der Waals surface area contributed by atoms with Crippen molar-refractivity contribution < 1.29 is 9.13 Å². The van der Waals surface area contributed by atoms with Gasteiger partial charge < -0.3 is 9.13 Å². The van der Waals surface area contributed by atoms with Gasteiger partial charge in [0.05, 0.1) is 0 Å². The fraction of sp³-hybridized carbons (Fsp3) is 0.375. The van der Waals surface area contributed by atoms with E-state index in [9.17, 15) is 19.2 Å². The lowest BCUT2D eigenvalue weighted by Gasteiger charge is -2.16. The Kier molecular flexibility index (Phi) is 8.14. The Bertz CT molecular complexity index is 2010. The quantitative estimate of drug-likeness (QED) is 0.134. The molecule has 0 unspecified atom stereocenters. The van der Waals surface area contributed by atoms with Crippen molar-refractivity contribution in [2.45, 2.75) is 78.6 Å². The third kappa shape index (κ3) is 5.20. The first-order chi connectivity index (χ1) is 21.4. The van der Waals surface area contributed by atoms with E-state index in [2.05, 4.69) is 19.9 Å². The molecule has 2 aromatic rings. The van der Waals surface area contributed by atoms with Crippen LogP contribution in [0.4, 0.5) is 0 Å². The average Bonchev–Trinajstić information content (AvgIpc) is 3.01. The summed E-state index contributed by atoms with van der Waals surface area (Å²) in [4.78, 5) is 63.0. The van der Waals surface area contributed by atoms with Crippen molar-refractivity contribution in [2.24, 2.45) is 0 Å². The molecule has 12 heteroatoms. The van der Waals surface area contributed by atoms with Gasteiger partial charge in [-0.1, -0.05) is 49.9 Å². The van der Waals surface area contributed by atoms with E-state index in [1.54, 1.807) is 0 Å². The molecule has 0 amide bonds. The largest absolute Gasteiger partial charge is 0.350 e. The van der Waals surface area contributed by atoms with E-state index in [4.69, 9.17) is 0 Å². The van der Waals surface area contributed by atoms with Crippen LogP contribution in [0.15, 0.2) is 67.7 Å². The number of H-pyrrole nitrogens is 2. The zero-order valence-electron chi connectivity index (χ0n) is 25.0. The maximum Gasteiger partial charge on any atom is 0.350 e. The van der Waals surface area contributed by atoms with Gasteiger partial charge >= 0.3 is 33.9 Å². The number of aromatic amines is 2. The molecular formula is C32H36N8O4+2. The molecule has 0 aliphatic carbocycles. The molecule has 0 saturated carbocycles. The fourth-order valence-corrected chi connectivity index (χ4v) is 6.40. The van der Waals surface area contributed by atoms with E-state index in [0.29, 0.717) is 49.2 Å². The van der Waals surface area contributed by atoms with Crippen molar-refractivity contribution in [1.29, 1.82) is 0 Å².